The molecule has 1 aliphatic carbocycles. The molecule has 2 heterocycles. The Morgan fingerprint density at radius 3 is 1.12 bits per heavy atom. The first-order chi connectivity index (χ1) is 20.8. The molecule has 2 aromatic heterocycles. The molecule has 0 amide bonds. The topological polar surface area (TPSA) is 31.6 Å². The van der Waals surface area contributed by atoms with Gasteiger partial charge in [0, 0.05) is 44.1 Å². The predicted molar refractivity (Wildman–Crippen MR) is 176 cm³/mol. The molecule has 196 valence electrons. The zero-order chi connectivity index (χ0) is 27.6. The Labute approximate surface area is 243 Å². The fourth-order valence-corrected chi connectivity index (χ4v) is 6.81. The molecule has 8 aromatic rings. The summed E-state index contributed by atoms with van der Waals surface area (Å²) in [5.74, 6) is 0. The van der Waals surface area contributed by atoms with Crippen LogP contribution in [0.2, 0.25) is 0 Å². The van der Waals surface area contributed by atoms with Crippen LogP contribution in [-0.4, -0.2) is 9.97 Å². The molecule has 0 spiro atoms. The Morgan fingerprint density at radius 1 is 0.310 bits per heavy atom. The minimum absolute atomic E-state index is 1.14. The van der Waals surface area contributed by atoms with Crippen LogP contribution in [0.15, 0.2) is 146 Å². The van der Waals surface area contributed by atoms with E-state index in [1.54, 1.807) is 0 Å². The Kier molecular flexibility index (Phi) is 4.93. The highest BCUT2D eigenvalue weighted by Crippen LogP contribution is 2.52. The summed E-state index contributed by atoms with van der Waals surface area (Å²) in [5.41, 5.74) is 16.9. The standard InChI is InChI=1S/C40H26N2/c1-3-11-25(12-4-1)27-19-21-35-33(23-27)37-29-15-7-8-16-30(29)38-34-24-28(26-13-5-2-6-14-26)20-22-36(34)42-40(38)32-18-10-9-17-31(32)39(37)41-35/h1-24,41-42H. The molecule has 9 rings (SSSR count). The van der Waals surface area contributed by atoms with Gasteiger partial charge in [-0.25, -0.2) is 0 Å². The molecule has 2 nitrogen and oxygen atoms in total. The highest BCUT2D eigenvalue weighted by atomic mass is 14.8. The molecule has 0 atom stereocenters. The lowest BCUT2D eigenvalue weighted by atomic mass is 9.84. The second-order valence-corrected chi connectivity index (χ2v) is 11.1. The van der Waals surface area contributed by atoms with E-state index < -0.39 is 0 Å². The number of hydrogen-bond donors (Lipinski definition) is 2. The summed E-state index contributed by atoms with van der Waals surface area (Å²) in [5, 5.41) is 2.48. The summed E-state index contributed by atoms with van der Waals surface area (Å²) in [4.78, 5) is 7.68. The maximum atomic E-state index is 3.84. The van der Waals surface area contributed by atoms with Crippen LogP contribution in [0, 0.1) is 0 Å². The number of aromatic nitrogens is 2. The summed E-state index contributed by atoms with van der Waals surface area (Å²) < 4.78 is 0. The molecule has 0 fully saturated rings. The first-order valence-electron chi connectivity index (χ1n) is 14.5. The van der Waals surface area contributed by atoms with Gasteiger partial charge in [0.25, 0.3) is 0 Å². The lowest BCUT2D eigenvalue weighted by molar-refractivity contribution is 1.41. The normalized spacial score (nSPS) is 11.8. The number of benzene rings is 6. The summed E-state index contributed by atoms with van der Waals surface area (Å²) in [7, 11) is 0. The number of fused-ring (bicyclic) bond motifs is 12. The average molecular weight is 535 g/mol. The number of rotatable bonds is 2. The van der Waals surface area contributed by atoms with Gasteiger partial charge in [-0.2, -0.15) is 0 Å². The number of aromatic amines is 2. The van der Waals surface area contributed by atoms with Crippen molar-refractivity contribution in [3.8, 4) is 67.0 Å². The van der Waals surface area contributed by atoms with Crippen LogP contribution >= 0.6 is 0 Å². The molecular formula is C40H26N2. The van der Waals surface area contributed by atoms with Gasteiger partial charge in [0.15, 0.2) is 0 Å². The molecule has 6 aromatic carbocycles. The van der Waals surface area contributed by atoms with E-state index in [1.807, 2.05) is 0 Å². The van der Waals surface area contributed by atoms with Gasteiger partial charge in [0.1, 0.15) is 0 Å². The van der Waals surface area contributed by atoms with Gasteiger partial charge in [-0.05, 0) is 57.6 Å². The first kappa shape index (κ1) is 23.1. The smallest absolute Gasteiger partial charge is 0.0551 e. The van der Waals surface area contributed by atoms with Gasteiger partial charge < -0.3 is 9.97 Å². The largest absolute Gasteiger partial charge is 0.354 e. The van der Waals surface area contributed by atoms with Gasteiger partial charge in [-0.3, -0.25) is 0 Å². The highest BCUT2D eigenvalue weighted by molar-refractivity contribution is 6.16. The minimum atomic E-state index is 1.14. The third kappa shape index (κ3) is 3.39. The maximum absolute atomic E-state index is 3.84. The van der Waals surface area contributed by atoms with Gasteiger partial charge in [0.2, 0.25) is 0 Å². The SMILES string of the molecule is c1ccc(-c2ccc3[nH]c4c(c3c2)-c2ccccc2-c2c([nH]c3ccc(-c5ccccc5)cc23)-c2ccccc2-4)cc1. The van der Waals surface area contributed by atoms with E-state index in [0.717, 1.165) is 22.4 Å². The molecule has 0 unspecified atom stereocenters. The molecule has 0 bridgehead atoms. The Morgan fingerprint density at radius 2 is 0.690 bits per heavy atom. The molecule has 2 N–H and O–H groups in total. The van der Waals surface area contributed by atoms with E-state index in [1.165, 1.54) is 66.4 Å². The van der Waals surface area contributed by atoms with Crippen molar-refractivity contribution in [1.82, 2.24) is 9.97 Å². The van der Waals surface area contributed by atoms with Crippen LogP contribution in [-0.2, 0) is 0 Å². The molecule has 2 heteroatoms. The highest BCUT2D eigenvalue weighted by Gasteiger charge is 2.27. The molecular weight excluding hydrogens is 508 g/mol. The summed E-state index contributed by atoms with van der Waals surface area (Å²) in [6.45, 7) is 0. The van der Waals surface area contributed by atoms with Crippen LogP contribution < -0.4 is 0 Å². The summed E-state index contributed by atoms with van der Waals surface area (Å²) in [6.07, 6.45) is 0. The predicted octanol–water partition coefficient (Wildman–Crippen LogP) is 11.0. The third-order valence-corrected chi connectivity index (χ3v) is 8.74. The van der Waals surface area contributed by atoms with Crippen molar-refractivity contribution in [2.45, 2.75) is 0 Å². The van der Waals surface area contributed by atoms with Crippen LogP contribution in [0.4, 0.5) is 0 Å². The zero-order valence-corrected chi connectivity index (χ0v) is 22.9. The summed E-state index contributed by atoms with van der Waals surface area (Å²) in [6, 6.07) is 52.6. The van der Waals surface area contributed by atoms with Crippen LogP contribution in [0.5, 0.6) is 0 Å². The molecule has 0 radical (unpaired) electrons. The van der Waals surface area contributed by atoms with E-state index >= 15 is 0 Å². The lowest BCUT2D eigenvalue weighted by Crippen LogP contribution is -1.95. The lowest BCUT2D eigenvalue weighted by Gasteiger charge is -2.19. The zero-order valence-electron chi connectivity index (χ0n) is 22.9. The molecule has 42 heavy (non-hydrogen) atoms. The van der Waals surface area contributed by atoms with Crippen molar-refractivity contribution < 1.29 is 0 Å². The van der Waals surface area contributed by atoms with Crippen LogP contribution in [0.3, 0.4) is 0 Å². The van der Waals surface area contributed by atoms with E-state index in [-0.39, 0.29) is 0 Å². The van der Waals surface area contributed by atoms with Gasteiger partial charge in [-0.15, -0.1) is 0 Å². The van der Waals surface area contributed by atoms with Crippen molar-refractivity contribution in [1.29, 1.82) is 0 Å². The molecule has 0 saturated carbocycles. The number of H-pyrrole nitrogens is 2. The third-order valence-electron chi connectivity index (χ3n) is 8.74. The van der Waals surface area contributed by atoms with Crippen LogP contribution in [0.1, 0.15) is 0 Å². The van der Waals surface area contributed by atoms with Gasteiger partial charge in [0.05, 0.1) is 11.4 Å². The molecule has 0 aliphatic heterocycles. The van der Waals surface area contributed by atoms with Crippen molar-refractivity contribution in [3.05, 3.63) is 146 Å². The van der Waals surface area contributed by atoms with Gasteiger partial charge in [-0.1, -0.05) is 121 Å². The second kappa shape index (κ2) is 8.95. The van der Waals surface area contributed by atoms with Gasteiger partial charge >= 0.3 is 0 Å². The quantitative estimate of drug-likeness (QED) is 0.221. The van der Waals surface area contributed by atoms with E-state index in [2.05, 4.69) is 156 Å². The monoisotopic (exact) mass is 534 g/mol. The minimum Gasteiger partial charge on any atom is -0.354 e. The number of nitrogens with one attached hydrogen (secondary N) is 2. The van der Waals surface area contributed by atoms with Crippen molar-refractivity contribution in [2.75, 3.05) is 0 Å². The second-order valence-electron chi connectivity index (χ2n) is 11.1. The van der Waals surface area contributed by atoms with Crippen molar-refractivity contribution in [3.63, 3.8) is 0 Å². The average Bonchev–Trinajstić information content (AvgIpc) is 3.62. The van der Waals surface area contributed by atoms with Crippen molar-refractivity contribution in [2.24, 2.45) is 0 Å². The van der Waals surface area contributed by atoms with E-state index in [9.17, 15) is 0 Å². The Balaban J connectivity index is 1.39. The summed E-state index contributed by atoms with van der Waals surface area (Å²) >= 11 is 0. The van der Waals surface area contributed by atoms with E-state index in [0.29, 0.717) is 0 Å². The molecule has 0 saturated heterocycles. The first-order valence-corrected chi connectivity index (χ1v) is 14.5. The molecule has 1 aliphatic rings. The maximum Gasteiger partial charge on any atom is 0.0551 e. The number of hydrogen-bond acceptors (Lipinski definition) is 0. The Hall–Kier alpha value is -5.60. The fraction of sp³-hybridized carbons (Fsp3) is 0. The van der Waals surface area contributed by atoms with E-state index in [4.69, 9.17) is 0 Å². The Bertz CT molecular complexity index is 2120. The van der Waals surface area contributed by atoms with Crippen LogP contribution in [0.25, 0.3) is 88.8 Å². The van der Waals surface area contributed by atoms with Crippen molar-refractivity contribution >= 4 is 21.8 Å². The fourth-order valence-electron chi connectivity index (χ4n) is 6.81.